The number of nitrogens with zero attached hydrogens (tertiary/aromatic N) is 1. The number of likely N-dealkylation sites (N-methyl/N-ethyl adjacent to an activating group) is 1. The average molecular weight is 219 g/mol. The first kappa shape index (κ1) is 11.1. The number of benzene rings is 1. The van der Waals surface area contributed by atoms with E-state index in [2.05, 4.69) is 0 Å². The molecule has 1 heterocycles. The molecule has 0 radical (unpaired) electrons. The molecule has 0 fully saturated rings. The second-order valence-corrected chi connectivity index (χ2v) is 4.77. The van der Waals surface area contributed by atoms with Crippen molar-refractivity contribution >= 4 is 11.6 Å². The summed E-state index contributed by atoms with van der Waals surface area (Å²) in [6.07, 6.45) is -0.0128. The van der Waals surface area contributed by atoms with Gasteiger partial charge in [0.15, 0.2) is 0 Å². The quantitative estimate of drug-likeness (QED) is 0.822. The Morgan fingerprint density at radius 1 is 1.44 bits per heavy atom. The van der Waals surface area contributed by atoms with Crippen LogP contribution in [0.25, 0.3) is 0 Å². The number of para-hydroxylation sites is 1. The minimum Gasteiger partial charge on any atom is -0.393 e. The van der Waals surface area contributed by atoms with Crippen LogP contribution in [0, 0.1) is 0 Å². The van der Waals surface area contributed by atoms with Crippen LogP contribution >= 0.6 is 0 Å². The molecule has 1 amide bonds. The predicted octanol–water partition coefficient (Wildman–Crippen LogP) is 1.69. The number of hydrogen-bond donors (Lipinski definition) is 1. The molecule has 2 atom stereocenters. The molecule has 2 rings (SSSR count). The van der Waals surface area contributed by atoms with E-state index in [0.717, 1.165) is 11.3 Å². The molecule has 1 aliphatic heterocycles. The Morgan fingerprint density at radius 3 is 2.69 bits per heavy atom. The lowest BCUT2D eigenvalue weighted by Gasteiger charge is -2.24. The van der Waals surface area contributed by atoms with E-state index in [9.17, 15) is 9.90 Å². The molecule has 86 valence electrons. The van der Waals surface area contributed by atoms with Crippen LogP contribution in [0.1, 0.15) is 25.8 Å². The third kappa shape index (κ3) is 1.43. The summed E-state index contributed by atoms with van der Waals surface area (Å²) in [5.74, 6) is 0.0644. The standard InChI is InChI=1S/C13H17NO2/c1-9(15)8-13(2)10-6-4-5-7-11(10)14(3)12(13)16/h4-7,9,15H,8H2,1-3H3. The normalized spacial score (nSPS) is 25.8. The summed E-state index contributed by atoms with van der Waals surface area (Å²) in [6.45, 7) is 3.63. The van der Waals surface area contributed by atoms with Gasteiger partial charge in [0.05, 0.1) is 11.5 Å². The number of carbonyl (C=O) groups excluding carboxylic acids is 1. The number of amides is 1. The summed E-state index contributed by atoms with van der Waals surface area (Å²) in [5, 5.41) is 9.54. The van der Waals surface area contributed by atoms with E-state index in [4.69, 9.17) is 0 Å². The fourth-order valence-corrected chi connectivity index (χ4v) is 2.62. The van der Waals surface area contributed by atoms with E-state index in [1.807, 2.05) is 31.2 Å². The molecule has 0 spiro atoms. The van der Waals surface area contributed by atoms with Crippen molar-refractivity contribution in [2.75, 3.05) is 11.9 Å². The van der Waals surface area contributed by atoms with E-state index < -0.39 is 11.5 Å². The highest BCUT2D eigenvalue weighted by atomic mass is 16.3. The number of aliphatic hydroxyl groups is 1. The zero-order valence-electron chi connectivity index (χ0n) is 9.90. The zero-order valence-corrected chi connectivity index (χ0v) is 9.90. The van der Waals surface area contributed by atoms with Crippen molar-refractivity contribution in [3.8, 4) is 0 Å². The lowest BCUT2D eigenvalue weighted by molar-refractivity contribution is -0.123. The Bertz CT molecular complexity index is 428. The maximum Gasteiger partial charge on any atom is 0.237 e. The summed E-state index contributed by atoms with van der Waals surface area (Å²) in [7, 11) is 1.79. The molecule has 0 saturated carbocycles. The van der Waals surface area contributed by atoms with Crippen molar-refractivity contribution < 1.29 is 9.90 Å². The topological polar surface area (TPSA) is 40.5 Å². The summed E-state index contributed by atoms with van der Waals surface area (Å²) in [5.41, 5.74) is 1.39. The van der Waals surface area contributed by atoms with Crippen molar-refractivity contribution in [3.63, 3.8) is 0 Å². The largest absolute Gasteiger partial charge is 0.393 e. The van der Waals surface area contributed by atoms with Crippen molar-refractivity contribution in [2.24, 2.45) is 0 Å². The lowest BCUT2D eigenvalue weighted by atomic mass is 9.79. The highest BCUT2D eigenvalue weighted by molar-refractivity contribution is 6.07. The molecule has 0 saturated heterocycles. The van der Waals surface area contributed by atoms with E-state index in [-0.39, 0.29) is 5.91 Å². The number of anilines is 1. The van der Waals surface area contributed by atoms with Crippen LogP contribution < -0.4 is 4.90 Å². The van der Waals surface area contributed by atoms with Crippen molar-refractivity contribution in [1.29, 1.82) is 0 Å². The fraction of sp³-hybridized carbons (Fsp3) is 0.462. The van der Waals surface area contributed by atoms with Gasteiger partial charge in [-0.3, -0.25) is 4.79 Å². The highest BCUT2D eigenvalue weighted by Gasteiger charge is 2.46. The number of hydrogen-bond acceptors (Lipinski definition) is 2. The van der Waals surface area contributed by atoms with Crippen molar-refractivity contribution in [1.82, 2.24) is 0 Å². The molecule has 1 N–H and O–H groups in total. The third-order valence-corrected chi connectivity index (χ3v) is 3.34. The summed E-state index contributed by atoms with van der Waals surface area (Å²) < 4.78 is 0. The Morgan fingerprint density at radius 2 is 2.06 bits per heavy atom. The fourth-order valence-electron chi connectivity index (χ4n) is 2.62. The number of fused-ring (bicyclic) bond motifs is 1. The van der Waals surface area contributed by atoms with Crippen LogP contribution in [0.2, 0.25) is 0 Å². The Hall–Kier alpha value is -1.35. The van der Waals surface area contributed by atoms with Gasteiger partial charge >= 0.3 is 0 Å². The van der Waals surface area contributed by atoms with Crippen molar-refractivity contribution in [3.05, 3.63) is 29.8 Å². The molecular formula is C13H17NO2. The van der Waals surface area contributed by atoms with E-state index in [0.29, 0.717) is 6.42 Å². The van der Waals surface area contributed by atoms with Gasteiger partial charge in [-0.15, -0.1) is 0 Å². The zero-order chi connectivity index (χ0) is 11.9. The molecule has 1 aromatic rings. The molecule has 3 heteroatoms. The molecule has 0 aromatic heterocycles. The summed E-state index contributed by atoms with van der Waals surface area (Å²) >= 11 is 0. The molecule has 0 aliphatic carbocycles. The van der Waals surface area contributed by atoms with Gasteiger partial charge in [0, 0.05) is 12.7 Å². The Labute approximate surface area is 95.7 Å². The number of carbonyl (C=O) groups is 1. The van der Waals surface area contributed by atoms with Crippen LogP contribution in [0.15, 0.2) is 24.3 Å². The first-order chi connectivity index (χ1) is 7.47. The molecule has 0 bridgehead atoms. The minimum absolute atomic E-state index is 0.0644. The van der Waals surface area contributed by atoms with E-state index in [1.165, 1.54) is 0 Å². The van der Waals surface area contributed by atoms with Crippen LogP contribution in [0.4, 0.5) is 5.69 Å². The van der Waals surface area contributed by atoms with Gasteiger partial charge in [0.2, 0.25) is 5.91 Å². The summed E-state index contributed by atoms with van der Waals surface area (Å²) in [4.78, 5) is 13.9. The third-order valence-electron chi connectivity index (χ3n) is 3.34. The SMILES string of the molecule is CC(O)CC1(C)C(=O)N(C)c2ccccc21. The maximum absolute atomic E-state index is 12.2. The smallest absolute Gasteiger partial charge is 0.237 e. The summed E-state index contributed by atoms with van der Waals surface area (Å²) in [6, 6.07) is 7.78. The van der Waals surface area contributed by atoms with Gasteiger partial charge in [-0.05, 0) is 31.9 Å². The first-order valence-corrected chi connectivity index (χ1v) is 5.52. The van der Waals surface area contributed by atoms with Gasteiger partial charge in [-0.1, -0.05) is 18.2 Å². The second-order valence-electron chi connectivity index (χ2n) is 4.77. The Balaban J connectivity index is 2.52. The van der Waals surface area contributed by atoms with E-state index >= 15 is 0 Å². The maximum atomic E-state index is 12.2. The van der Waals surface area contributed by atoms with Gasteiger partial charge in [0.1, 0.15) is 0 Å². The first-order valence-electron chi connectivity index (χ1n) is 5.52. The van der Waals surface area contributed by atoms with Gasteiger partial charge in [-0.2, -0.15) is 0 Å². The molecule has 16 heavy (non-hydrogen) atoms. The minimum atomic E-state index is -0.584. The molecule has 3 nitrogen and oxygen atoms in total. The molecular weight excluding hydrogens is 202 g/mol. The van der Waals surface area contributed by atoms with Gasteiger partial charge < -0.3 is 10.0 Å². The van der Waals surface area contributed by atoms with Gasteiger partial charge in [-0.25, -0.2) is 0 Å². The monoisotopic (exact) mass is 219 g/mol. The van der Waals surface area contributed by atoms with Crippen LogP contribution in [0.3, 0.4) is 0 Å². The molecule has 2 unspecified atom stereocenters. The van der Waals surface area contributed by atoms with E-state index in [1.54, 1.807) is 18.9 Å². The highest BCUT2D eigenvalue weighted by Crippen LogP contribution is 2.43. The van der Waals surface area contributed by atoms with Gasteiger partial charge in [0.25, 0.3) is 0 Å². The number of rotatable bonds is 2. The van der Waals surface area contributed by atoms with Crippen LogP contribution in [-0.4, -0.2) is 24.2 Å². The molecule has 1 aliphatic rings. The van der Waals surface area contributed by atoms with Crippen LogP contribution in [0.5, 0.6) is 0 Å². The lowest BCUT2D eigenvalue weighted by Crippen LogP contribution is -2.38. The average Bonchev–Trinajstić information content (AvgIpc) is 2.42. The predicted molar refractivity (Wildman–Crippen MR) is 63.5 cm³/mol. The molecule has 1 aromatic carbocycles. The van der Waals surface area contributed by atoms with Crippen LogP contribution in [-0.2, 0) is 10.2 Å². The number of aliphatic hydroxyl groups excluding tert-OH is 1. The Kier molecular flexibility index (Phi) is 2.50. The second kappa shape index (κ2) is 3.59. The van der Waals surface area contributed by atoms with Crippen molar-refractivity contribution in [2.45, 2.75) is 31.8 Å².